The molecule has 1 aromatic heterocycles. The summed E-state index contributed by atoms with van der Waals surface area (Å²) < 4.78 is 5.43. The summed E-state index contributed by atoms with van der Waals surface area (Å²) in [6, 6.07) is 12.0. The second-order valence-corrected chi connectivity index (χ2v) is 8.54. The predicted molar refractivity (Wildman–Crippen MR) is 122 cm³/mol. The number of amides is 1. The lowest BCUT2D eigenvalue weighted by Crippen LogP contribution is -2.29. The molecule has 0 radical (unpaired) electrons. The third kappa shape index (κ3) is 3.73. The monoisotopic (exact) mass is 450 g/mol. The number of carbonyl (C=O) groups excluding carboxylic acids is 2. The fourth-order valence-corrected chi connectivity index (χ4v) is 4.57. The van der Waals surface area contributed by atoms with Crippen LogP contribution in [0.1, 0.15) is 34.7 Å². The summed E-state index contributed by atoms with van der Waals surface area (Å²) >= 11 is 1.30. The molecule has 0 saturated carbocycles. The Kier molecular flexibility index (Phi) is 5.71. The van der Waals surface area contributed by atoms with Gasteiger partial charge in [0.25, 0.3) is 5.78 Å². The summed E-state index contributed by atoms with van der Waals surface area (Å²) in [6.45, 7) is 6.08. The molecule has 1 aliphatic heterocycles. The minimum Gasteiger partial charge on any atom is -0.508 e. The van der Waals surface area contributed by atoms with Crippen LogP contribution in [0.2, 0.25) is 0 Å². The summed E-state index contributed by atoms with van der Waals surface area (Å²) in [5, 5.41) is 21.5. The standard InChI is InChI=1S/C24H22N2O5S/c1-4-31-18-10-8-15(9-11-18)21(28)19-20(16-6-5-7-17(27)12-16)26(23(30)22(19)29)24-25-13(2)14(3)32-24/h5-12,20,27-28H,4H2,1-3H3/b21-19+/t20-/m0/s1. The highest BCUT2D eigenvalue weighted by atomic mass is 32.1. The zero-order valence-corrected chi connectivity index (χ0v) is 18.6. The molecule has 164 valence electrons. The van der Waals surface area contributed by atoms with E-state index in [4.69, 9.17) is 4.74 Å². The number of aromatic nitrogens is 1. The Morgan fingerprint density at radius 3 is 2.47 bits per heavy atom. The van der Waals surface area contributed by atoms with Gasteiger partial charge in [-0.3, -0.25) is 14.5 Å². The number of phenols is 1. The fraction of sp³-hybridized carbons (Fsp3) is 0.208. The number of aryl methyl sites for hydroxylation is 2. The number of thiazole rings is 1. The number of carbonyl (C=O) groups is 2. The maximum atomic E-state index is 13.1. The smallest absolute Gasteiger partial charge is 0.301 e. The third-order valence-electron chi connectivity index (χ3n) is 5.29. The second kappa shape index (κ2) is 8.47. The Labute approximate surface area is 189 Å². The lowest BCUT2D eigenvalue weighted by atomic mass is 9.95. The van der Waals surface area contributed by atoms with E-state index in [1.807, 2.05) is 20.8 Å². The van der Waals surface area contributed by atoms with Crippen LogP contribution in [-0.4, -0.2) is 33.5 Å². The van der Waals surface area contributed by atoms with Gasteiger partial charge in [0.15, 0.2) is 5.13 Å². The SMILES string of the molecule is CCOc1ccc(/C(O)=C2\C(=O)C(=O)N(c3nc(C)c(C)s3)[C@H]2c2cccc(O)c2)cc1. The molecule has 0 spiro atoms. The van der Waals surface area contributed by atoms with Crippen LogP contribution < -0.4 is 9.64 Å². The first-order valence-corrected chi connectivity index (χ1v) is 10.9. The molecule has 0 bridgehead atoms. The molecule has 7 nitrogen and oxygen atoms in total. The Balaban J connectivity index is 1.90. The minimum absolute atomic E-state index is 0.0133. The van der Waals surface area contributed by atoms with Crippen molar-refractivity contribution in [2.75, 3.05) is 11.5 Å². The summed E-state index contributed by atoms with van der Waals surface area (Å²) in [5.41, 5.74) is 1.56. The van der Waals surface area contributed by atoms with Gasteiger partial charge in [-0.2, -0.15) is 0 Å². The third-order valence-corrected chi connectivity index (χ3v) is 6.36. The van der Waals surface area contributed by atoms with Crippen LogP contribution in [0.3, 0.4) is 0 Å². The number of nitrogens with zero attached hydrogens (tertiary/aromatic N) is 2. The molecule has 2 aromatic carbocycles. The number of anilines is 1. The van der Waals surface area contributed by atoms with Gasteiger partial charge in [0.1, 0.15) is 17.3 Å². The number of aromatic hydroxyl groups is 1. The molecular weight excluding hydrogens is 428 g/mol. The molecule has 1 saturated heterocycles. The van der Waals surface area contributed by atoms with Gasteiger partial charge in [-0.05, 0) is 62.7 Å². The van der Waals surface area contributed by atoms with Crippen molar-refractivity contribution in [3.63, 3.8) is 0 Å². The van der Waals surface area contributed by atoms with E-state index in [0.717, 1.165) is 10.6 Å². The number of phenolic OH excluding ortho intramolecular Hbond substituents is 1. The van der Waals surface area contributed by atoms with Crippen molar-refractivity contribution in [2.24, 2.45) is 0 Å². The topological polar surface area (TPSA) is 100.0 Å². The maximum absolute atomic E-state index is 13.1. The first-order valence-electron chi connectivity index (χ1n) is 10.1. The Morgan fingerprint density at radius 2 is 1.88 bits per heavy atom. The van der Waals surface area contributed by atoms with Crippen LogP contribution in [0.4, 0.5) is 5.13 Å². The highest BCUT2D eigenvalue weighted by Gasteiger charge is 2.48. The maximum Gasteiger partial charge on any atom is 0.301 e. The predicted octanol–water partition coefficient (Wildman–Crippen LogP) is 4.49. The lowest BCUT2D eigenvalue weighted by Gasteiger charge is -2.23. The lowest BCUT2D eigenvalue weighted by molar-refractivity contribution is -0.132. The number of rotatable bonds is 5. The van der Waals surface area contributed by atoms with Crippen molar-refractivity contribution in [2.45, 2.75) is 26.8 Å². The highest BCUT2D eigenvalue weighted by Crippen LogP contribution is 2.44. The molecule has 8 heteroatoms. The minimum atomic E-state index is -0.932. The average Bonchev–Trinajstić information content (AvgIpc) is 3.24. The molecule has 32 heavy (non-hydrogen) atoms. The molecule has 2 heterocycles. The van der Waals surface area contributed by atoms with Gasteiger partial charge in [-0.15, -0.1) is 11.3 Å². The summed E-state index contributed by atoms with van der Waals surface area (Å²) in [4.78, 5) is 32.9. The van der Waals surface area contributed by atoms with Crippen molar-refractivity contribution in [1.29, 1.82) is 0 Å². The molecule has 2 N–H and O–H groups in total. The number of aliphatic hydroxyl groups is 1. The van der Waals surface area contributed by atoms with Gasteiger partial charge < -0.3 is 14.9 Å². The molecule has 1 atom stereocenters. The number of ether oxygens (including phenoxy) is 1. The first kappa shape index (κ1) is 21.6. The van der Waals surface area contributed by atoms with Crippen molar-refractivity contribution < 1.29 is 24.5 Å². The van der Waals surface area contributed by atoms with E-state index in [0.29, 0.717) is 28.6 Å². The molecule has 1 aliphatic rings. The van der Waals surface area contributed by atoms with Crippen LogP contribution in [0.15, 0.2) is 54.1 Å². The van der Waals surface area contributed by atoms with Crippen LogP contribution in [-0.2, 0) is 9.59 Å². The Bertz CT molecular complexity index is 1210. The number of benzene rings is 2. The normalized spacial score (nSPS) is 17.7. The molecule has 1 amide bonds. The Morgan fingerprint density at radius 1 is 1.16 bits per heavy atom. The highest BCUT2D eigenvalue weighted by molar-refractivity contribution is 7.16. The van der Waals surface area contributed by atoms with E-state index >= 15 is 0 Å². The zero-order chi connectivity index (χ0) is 23.0. The molecule has 3 aromatic rings. The quantitative estimate of drug-likeness (QED) is 0.338. The van der Waals surface area contributed by atoms with E-state index in [1.165, 1.54) is 28.4 Å². The van der Waals surface area contributed by atoms with Crippen molar-refractivity contribution in [3.8, 4) is 11.5 Å². The van der Waals surface area contributed by atoms with Crippen molar-refractivity contribution in [1.82, 2.24) is 4.98 Å². The van der Waals surface area contributed by atoms with Crippen LogP contribution in [0.25, 0.3) is 5.76 Å². The van der Waals surface area contributed by atoms with Gasteiger partial charge in [-0.1, -0.05) is 12.1 Å². The van der Waals surface area contributed by atoms with Gasteiger partial charge >= 0.3 is 5.91 Å². The molecule has 1 fully saturated rings. The van der Waals surface area contributed by atoms with Gasteiger partial charge in [-0.25, -0.2) is 4.98 Å². The van der Waals surface area contributed by atoms with Crippen LogP contribution >= 0.6 is 11.3 Å². The molecular formula is C24H22N2O5S. The Hall–Kier alpha value is -3.65. The summed E-state index contributed by atoms with van der Waals surface area (Å²) in [6.07, 6.45) is 0. The number of ketones is 1. The van der Waals surface area contributed by atoms with Crippen LogP contribution in [0, 0.1) is 13.8 Å². The number of hydrogen-bond donors (Lipinski definition) is 2. The van der Waals surface area contributed by atoms with E-state index in [2.05, 4.69) is 4.98 Å². The largest absolute Gasteiger partial charge is 0.508 e. The molecule has 0 unspecified atom stereocenters. The van der Waals surface area contributed by atoms with E-state index in [1.54, 1.807) is 36.4 Å². The first-order chi connectivity index (χ1) is 15.3. The number of hydrogen-bond acceptors (Lipinski definition) is 7. The average molecular weight is 451 g/mol. The van der Waals surface area contributed by atoms with Gasteiger partial charge in [0.05, 0.1) is 23.9 Å². The van der Waals surface area contributed by atoms with Crippen molar-refractivity contribution in [3.05, 3.63) is 75.8 Å². The summed E-state index contributed by atoms with van der Waals surface area (Å²) in [5.74, 6) is -1.27. The van der Waals surface area contributed by atoms with Gasteiger partial charge in [0, 0.05) is 10.4 Å². The summed E-state index contributed by atoms with van der Waals surface area (Å²) in [7, 11) is 0. The molecule has 4 rings (SSSR count). The van der Waals surface area contributed by atoms with Crippen LogP contribution in [0.5, 0.6) is 11.5 Å². The zero-order valence-electron chi connectivity index (χ0n) is 17.8. The second-order valence-electron chi connectivity index (χ2n) is 7.36. The van der Waals surface area contributed by atoms with E-state index in [-0.39, 0.29) is 17.1 Å². The molecule has 0 aliphatic carbocycles. The van der Waals surface area contributed by atoms with E-state index in [9.17, 15) is 19.8 Å². The number of aliphatic hydroxyl groups excluding tert-OH is 1. The van der Waals surface area contributed by atoms with Gasteiger partial charge in [0.2, 0.25) is 0 Å². The van der Waals surface area contributed by atoms with Crippen molar-refractivity contribution >= 4 is 33.9 Å². The van der Waals surface area contributed by atoms with E-state index < -0.39 is 17.7 Å². The fourth-order valence-electron chi connectivity index (χ4n) is 3.63. The number of Topliss-reactive ketones (excluding diaryl/α,β-unsaturated/α-hetero) is 1.